The Balaban J connectivity index is 2.44. The zero-order chi connectivity index (χ0) is 12.5. The molecule has 1 atom stereocenters. The van der Waals surface area contributed by atoms with Crippen LogP contribution in [0.15, 0.2) is 16.8 Å². The molecule has 0 aliphatic carbocycles. The SMILES string of the molecule is CCCNC(CCc1ccsc1)C(OC)OC. The maximum absolute atomic E-state index is 5.35. The fraction of sp³-hybridized carbons (Fsp3) is 0.692. The molecule has 0 aromatic carbocycles. The standard InChI is InChI=1S/C13H23NO2S/c1-4-8-14-12(13(15-2)16-3)6-5-11-7-9-17-10-11/h7,9-10,12-14H,4-6,8H2,1-3H3. The van der Waals surface area contributed by atoms with Crippen molar-refractivity contribution < 1.29 is 9.47 Å². The van der Waals surface area contributed by atoms with Crippen molar-refractivity contribution in [3.63, 3.8) is 0 Å². The van der Waals surface area contributed by atoms with Gasteiger partial charge in [0.1, 0.15) is 0 Å². The van der Waals surface area contributed by atoms with Crippen molar-refractivity contribution in [1.29, 1.82) is 0 Å². The van der Waals surface area contributed by atoms with Crippen LogP contribution in [-0.4, -0.2) is 33.1 Å². The third kappa shape index (κ3) is 5.17. The molecule has 0 radical (unpaired) electrons. The maximum Gasteiger partial charge on any atom is 0.171 e. The van der Waals surface area contributed by atoms with E-state index in [9.17, 15) is 0 Å². The third-order valence-corrected chi connectivity index (χ3v) is 3.51. The molecule has 0 fully saturated rings. The lowest BCUT2D eigenvalue weighted by molar-refractivity contribution is -0.123. The number of methoxy groups -OCH3 is 2. The number of rotatable bonds is 9. The largest absolute Gasteiger partial charge is 0.354 e. The van der Waals surface area contributed by atoms with E-state index < -0.39 is 0 Å². The molecule has 1 N–H and O–H groups in total. The van der Waals surface area contributed by atoms with Crippen LogP contribution in [0, 0.1) is 0 Å². The van der Waals surface area contributed by atoms with Crippen LogP contribution in [0.25, 0.3) is 0 Å². The minimum absolute atomic E-state index is 0.166. The van der Waals surface area contributed by atoms with Gasteiger partial charge in [0, 0.05) is 14.2 Å². The predicted molar refractivity (Wildman–Crippen MR) is 72.5 cm³/mol. The monoisotopic (exact) mass is 257 g/mol. The van der Waals surface area contributed by atoms with Gasteiger partial charge in [-0.05, 0) is 48.2 Å². The highest BCUT2D eigenvalue weighted by atomic mass is 32.1. The Morgan fingerprint density at radius 1 is 1.35 bits per heavy atom. The number of aryl methyl sites for hydroxylation is 1. The molecule has 0 aliphatic rings. The van der Waals surface area contributed by atoms with Gasteiger partial charge in [-0.1, -0.05) is 6.92 Å². The van der Waals surface area contributed by atoms with Crippen molar-refractivity contribution in [3.8, 4) is 0 Å². The van der Waals surface area contributed by atoms with Crippen molar-refractivity contribution in [2.75, 3.05) is 20.8 Å². The lowest BCUT2D eigenvalue weighted by Gasteiger charge is -2.25. The van der Waals surface area contributed by atoms with Crippen molar-refractivity contribution in [2.45, 2.75) is 38.5 Å². The van der Waals surface area contributed by atoms with E-state index in [2.05, 4.69) is 29.1 Å². The number of thiophene rings is 1. The van der Waals surface area contributed by atoms with Crippen molar-refractivity contribution in [2.24, 2.45) is 0 Å². The average Bonchev–Trinajstić information content (AvgIpc) is 2.86. The molecule has 1 aromatic rings. The minimum atomic E-state index is -0.166. The Morgan fingerprint density at radius 3 is 2.65 bits per heavy atom. The maximum atomic E-state index is 5.35. The molecule has 1 unspecified atom stereocenters. The third-order valence-electron chi connectivity index (χ3n) is 2.77. The van der Waals surface area contributed by atoms with E-state index in [4.69, 9.17) is 9.47 Å². The molecule has 1 heterocycles. The molecule has 1 rings (SSSR count). The zero-order valence-corrected chi connectivity index (χ0v) is 11.8. The fourth-order valence-electron chi connectivity index (χ4n) is 1.85. The molecule has 0 amide bonds. The quantitative estimate of drug-likeness (QED) is 0.690. The van der Waals surface area contributed by atoms with E-state index in [0.717, 1.165) is 25.8 Å². The molecule has 0 spiro atoms. The molecule has 0 bridgehead atoms. The van der Waals surface area contributed by atoms with Gasteiger partial charge in [-0.2, -0.15) is 11.3 Å². The molecule has 17 heavy (non-hydrogen) atoms. The lowest BCUT2D eigenvalue weighted by atomic mass is 10.1. The van der Waals surface area contributed by atoms with Crippen LogP contribution in [0.4, 0.5) is 0 Å². The smallest absolute Gasteiger partial charge is 0.171 e. The normalized spacial score (nSPS) is 13.2. The van der Waals surface area contributed by atoms with E-state index in [1.165, 1.54) is 5.56 Å². The summed E-state index contributed by atoms with van der Waals surface area (Å²) in [5, 5.41) is 7.81. The highest BCUT2D eigenvalue weighted by Crippen LogP contribution is 2.12. The highest BCUT2D eigenvalue weighted by Gasteiger charge is 2.19. The first-order chi connectivity index (χ1) is 8.31. The van der Waals surface area contributed by atoms with Crippen LogP contribution in [0.1, 0.15) is 25.3 Å². The van der Waals surface area contributed by atoms with Crippen LogP contribution < -0.4 is 5.32 Å². The molecular formula is C13H23NO2S. The summed E-state index contributed by atoms with van der Waals surface area (Å²) >= 11 is 1.75. The van der Waals surface area contributed by atoms with Crippen molar-refractivity contribution in [3.05, 3.63) is 22.4 Å². The Morgan fingerprint density at radius 2 is 2.12 bits per heavy atom. The van der Waals surface area contributed by atoms with Gasteiger partial charge in [0.15, 0.2) is 6.29 Å². The van der Waals surface area contributed by atoms with Crippen LogP contribution in [0.3, 0.4) is 0 Å². The Bertz CT molecular complexity index is 273. The Labute approximate surface area is 108 Å². The molecule has 0 saturated carbocycles. The van der Waals surface area contributed by atoms with Crippen LogP contribution >= 0.6 is 11.3 Å². The molecule has 98 valence electrons. The fourth-order valence-corrected chi connectivity index (χ4v) is 2.55. The average molecular weight is 257 g/mol. The molecule has 3 nitrogen and oxygen atoms in total. The summed E-state index contributed by atoms with van der Waals surface area (Å²) in [4.78, 5) is 0. The lowest BCUT2D eigenvalue weighted by Crippen LogP contribution is -2.42. The second kappa shape index (κ2) is 8.64. The predicted octanol–water partition coefficient (Wildman–Crippen LogP) is 2.67. The number of hydrogen-bond acceptors (Lipinski definition) is 4. The first-order valence-corrected chi connectivity index (χ1v) is 7.06. The first kappa shape index (κ1) is 14.6. The summed E-state index contributed by atoms with van der Waals surface area (Å²) < 4.78 is 10.7. The topological polar surface area (TPSA) is 30.5 Å². The zero-order valence-electron chi connectivity index (χ0n) is 10.9. The second-order valence-electron chi connectivity index (χ2n) is 4.07. The molecular weight excluding hydrogens is 234 g/mol. The summed E-state index contributed by atoms with van der Waals surface area (Å²) in [5.41, 5.74) is 1.39. The van der Waals surface area contributed by atoms with E-state index in [0.29, 0.717) is 0 Å². The van der Waals surface area contributed by atoms with E-state index in [-0.39, 0.29) is 12.3 Å². The first-order valence-electron chi connectivity index (χ1n) is 6.11. The summed E-state index contributed by atoms with van der Waals surface area (Å²) in [5.74, 6) is 0. The minimum Gasteiger partial charge on any atom is -0.354 e. The van der Waals surface area contributed by atoms with Crippen molar-refractivity contribution in [1.82, 2.24) is 5.32 Å². The van der Waals surface area contributed by atoms with Gasteiger partial charge < -0.3 is 14.8 Å². The van der Waals surface area contributed by atoms with Gasteiger partial charge in [0.05, 0.1) is 6.04 Å². The van der Waals surface area contributed by atoms with E-state index in [1.54, 1.807) is 25.6 Å². The Kier molecular flexibility index (Phi) is 7.44. The van der Waals surface area contributed by atoms with Gasteiger partial charge in [0.2, 0.25) is 0 Å². The van der Waals surface area contributed by atoms with Crippen LogP contribution in [0.2, 0.25) is 0 Å². The molecule has 0 aliphatic heterocycles. The molecule has 4 heteroatoms. The Hall–Kier alpha value is -0.420. The van der Waals surface area contributed by atoms with Gasteiger partial charge in [0.25, 0.3) is 0 Å². The van der Waals surface area contributed by atoms with Gasteiger partial charge >= 0.3 is 0 Å². The van der Waals surface area contributed by atoms with Gasteiger partial charge in [-0.3, -0.25) is 0 Å². The second-order valence-corrected chi connectivity index (χ2v) is 4.85. The highest BCUT2D eigenvalue weighted by molar-refractivity contribution is 7.07. The van der Waals surface area contributed by atoms with Gasteiger partial charge in [-0.15, -0.1) is 0 Å². The number of hydrogen-bond donors (Lipinski definition) is 1. The van der Waals surface area contributed by atoms with E-state index in [1.807, 2.05) is 0 Å². The van der Waals surface area contributed by atoms with Crippen molar-refractivity contribution >= 4 is 11.3 Å². The molecule has 1 aromatic heterocycles. The number of ether oxygens (including phenoxy) is 2. The van der Waals surface area contributed by atoms with Crippen LogP contribution in [-0.2, 0) is 15.9 Å². The van der Waals surface area contributed by atoms with E-state index >= 15 is 0 Å². The summed E-state index contributed by atoms with van der Waals surface area (Å²) in [7, 11) is 3.39. The van der Waals surface area contributed by atoms with Gasteiger partial charge in [-0.25, -0.2) is 0 Å². The number of nitrogens with one attached hydrogen (secondary N) is 1. The summed E-state index contributed by atoms with van der Waals surface area (Å²) in [6, 6.07) is 2.43. The summed E-state index contributed by atoms with van der Waals surface area (Å²) in [6.07, 6.45) is 3.05. The summed E-state index contributed by atoms with van der Waals surface area (Å²) in [6.45, 7) is 3.16. The van der Waals surface area contributed by atoms with Crippen LogP contribution in [0.5, 0.6) is 0 Å². The molecule has 0 saturated heterocycles.